The van der Waals surface area contributed by atoms with Crippen LogP contribution in [-0.4, -0.2) is 16.5 Å². The van der Waals surface area contributed by atoms with Crippen molar-refractivity contribution in [3.8, 4) is 5.75 Å². The second-order valence-corrected chi connectivity index (χ2v) is 6.42. The molecule has 5 heteroatoms. The van der Waals surface area contributed by atoms with Gasteiger partial charge in [-0.25, -0.2) is 9.38 Å². The zero-order valence-corrected chi connectivity index (χ0v) is 13.6. The SMILES string of the molecule is COc1cccc(C=c2sc3nc4cc(C)ccc4n3c2=O)c1. The molecule has 2 heterocycles. The molecule has 0 aliphatic heterocycles. The van der Waals surface area contributed by atoms with Gasteiger partial charge in [0.25, 0.3) is 5.56 Å². The molecule has 4 rings (SSSR count). The maximum absolute atomic E-state index is 12.7. The van der Waals surface area contributed by atoms with E-state index in [1.807, 2.05) is 55.5 Å². The minimum atomic E-state index is -0.0285. The Morgan fingerprint density at radius 2 is 2.09 bits per heavy atom. The van der Waals surface area contributed by atoms with E-state index in [9.17, 15) is 4.79 Å². The quantitative estimate of drug-likeness (QED) is 0.570. The highest BCUT2D eigenvalue weighted by atomic mass is 32.1. The molecule has 23 heavy (non-hydrogen) atoms. The van der Waals surface area contributed by atoms with Gasteiger partial charge in [0.05, 0.1) is 22.7 Å². The number of methoxy groups -OCH3 is 1. The minimum Gasteiger partial charge on any atom is -0.497 e. The zero-order chi connectivity index (χ0) is 16.0. The third-order valence-corrected chi connectivity index (χ3v) is 4.75. The number of rotatable bonds is 2. The van der Waals surface area contributed by atoms with Crippen LogP contribution >= 0.6 is 11.3 Å². The summed E-state index contributed by atoms with van der Waals surface area (Å²) in [5, 5.41) is 0. The smallest absolute Gasteiger partial charge is 0.274 e. The third-order valence-electron chi connectivity index (χ3n) is 3.79. The Balaban J connectivity index is 1.96. The summed E-state index contributed by atoms with van der Waals surface area (Å²) in [7, 11) is 1.63. The number of fused-ring (bicyclic) bond motifs is 3. The van der Waals surface area contributed by atoms with E-state index in [1.165, 1.54) is 11.3 Å². The Kier molecular flexibility index (Phi) is 3.16. The van der Waals surface area contributed by atoms with Crippen LogP contribution in [0.15, 0.2) is 47.3 Å². The fraction of sp³-hybridized carbons (Fsp3) is 0.111. The standard InChI is InChI=1S/C18H14N2O2S/c1-11-6-7-15-14(8-11)19-18-20(15)17(21)16(23-18)10-12-4-3-5-13(9-12)22-2/h3-10H,1-2H3. The summed E-state index contributed by atoms with van der Waals surface area (Å²) in [5.74, 6) is 0.772. The van der Waals surface area contributed by atoms with Crippen molar-refractivity contribution in [2.45, 2.75) is 6.92 Å². The number of ether oxygens (including phenoxy) is 1. The van der Waals surface area contributed by atoms with Gasteiger partial charge in [-0.2, -0.15) is 0 Å². The predicted molar refractivity (Wildman–Crippen MR) is 93.4 cm³/mol. The van der Waals surface area contributed by atoms with Crippen LogP contribution in [0.1, 0.15) is 11.1 Å². The molecule has 0 amide bonds. The Hall–Kier alpha value is -2.66. The third kappa shape index (κ3) is 2.29. The maximum Gasteiger partial charge on any atom is 0.274 e. The molecule has 0 spiro atoms. The van der Waals surface area contributed by atoms with Gasteiger partial charge in [-0.15, -0.1) is 0 Å². The molecule has 0 unspecified atom stereocenters. The van der Waals surface area contributed by atoms with Crippen LogP contribution in [0.5, 0.6) is 5.75 Å². The molecule has 114 valence electrons. The van der Waals surface area contributed by atoms with Gasteiger partial charge in [0.15, 0.2) is 4.96 Å². The minimum absolute atomic E-state index is 0.0285. The van der Waals surface area contributed by atoms with Crippen LogP contribution < -0.4 is 14.8 Å². The number of nitrogens with zero attached hydrogens (tertiary/aromatic N) is 2. The molecule has 0 bridgehead atoms. The number of aryl methyl sites for hydroxylation is 1. The highest BCUT2D eigenvalue weighted by Gasteiger charge is 2.11. The van der Waals surface area contributed by atoms with Crippen molar-refractivity contribution >= 4 is 33.4 Å². The molecule has 2 aromatic carbocycles. The summed E-state index contributed by atoms with van der Waals surface area (Å²) in [6, 6.07) is 13.6. The van der Waals surface area contributed by atoms with Crippen molar-refractivity contribution < 1.29 is 4.74 Å². The first-order chi connectivity index (χ1) is 11.2. The average molecular weight is 322 g/mol. The lowest BCUT2D eigenvalue weighted by molar-refractivity contribution is 0.414. The first-order valence-corrected chi connectivity index (χ1v) is 8.05. The molecule has 0 saturated carbocycles. The van der Waals surface area contributed by atoms with Gasteiger partial charge < -0.3 is 4.74 Å². The molecular weight excluding hydrogens is 308 g/mol. The van der Waals surface area contributed by atoms with E-state index in [0.29, 0.717) is 4.53 Å². The van der Waals surface area contributed by atoms with Gasteiger partial charge in [-0.3, -0.25) is 4.79 Å². The molecule has 2 aromatic heterocycles. The van der Waals surface area contributed by atoms with Crippen molar-refractivity contribution in [3.63, 3.8) is 0 Å². The van der Waals surface area contributed by atoms with Gasteiger partial charge in [0, 0.05) is 0 Å². The van der Waals surface area contributed by atoms with Crippen molar-refractivity contribution in [3.05, 3.63) is 68.5 Å². The molecule has 0 fully saturated rings. The maximum atomic E-state index is 12.7. The number of thiazole rings is 1. The predicted octanol–water partition coefficient (Wildman–Crippen LogP) is 2.77. The van der Waals surface area contributed by atoms with Crippen LogP contribution in [0.2, 0.25) is 0 Å². The Bertz CT molecular complexity index is 1140. The monoisotopic (exact) mass is 322 g/mol. The van der Waals surface area contributed by atoms with Crippen molar-refractivity contribution in [2.75, 3.05) is 7.11 Å². The van der Waals surface area contributed by atoms with E-state index in [0.717, 1.165) is 32.9 Å². The summed E-state index contributed by atoms with van der Waals surface area (Å²) in [4.78, 5) is 18.0. The number of benzene rings is 2. The van der Waals surface area contributed by atoms with E-state index < -0.39 is 0 Å². The second-order valence-electron chi connectivity index (χ2n) is 5.41. The summed E-state index contributed by atoms with van der Waals surface area (Å²) in [6.45, 7) is 2.02. The van der Waals surface area contributed by atoms with Gasteiger partial charge in [-0.1, -0.05) is 29.5 Å². The lowest BCUT2D eigenvalue weighted by Crippen LogP contribution is -2.22. The molecule has 4 aromatic rings. The largest absolute Gasteiger partial charge is 0.497 e. The summed E-state index contributed by atoms with van der Waals surface area (Å²) >= 11 is 1.41. The Morgan fingerprint density at radius 1 is 1.22 bits per heavy atom. The average Bonchev–Trinajstić information content (AvgIpc) is 3.04. The summed E-state index contributed by atoms with van der Waals surface area (Å²) in [6.07, 6.45) is 1.88. The van der Waals surface area contributed by atoms with Crippen molar-refractivity contribution in [1.82, 2.24) is 9.38 Å². The van der Waals surface area contributed by atoms with E-state index in [4.69, 9.17) is 4.74 Å². The van der Waals surface area contributed by atoms with Crippen molar-refractivity contribution in [1.29, 1.82) is 0 Å². The zero-order valence-electron chi connectivity index (χ0n) is 12.7. The number of hydrogen-bond donors (Lipinski definition) is 0. The highest BCUT2D eigenvalue weighted by molar-refractivity contribution is 7.15. The number of aromatic nitrogens is 2. The van der Waals surface area contributed by atoms with Crippen LogP contribution in [-0.2, 0) is 0 Å². The van der Waals surface area contributed by atoms with E-state index in [-0.39, 0.29) is 5.56 Å². The lowest BCUT2D eigenvalue weighted by Gasteiger charge is -1.99. The molecule has 0 radical (unpaired) electrons. The van der Waals surface area contributed by atoms with Crippen LogP contribution in [0.25, 0.3) is 22.1 Å². The molecule has 4 nitrogen and oxygen atoms in total. The summed E-state index contributed by atoms with van der Waals surface area (Å²) < 4.78 is 7.58. The topological polar surface area (TPSA) is 43.6 Å². The summed E-state index contributed by atoms with van der Waals surface area (Å²) in [5.41, 5.74) is 3.77. The molecule has 0 N–H and O–H groups in total. The number of imidazole rings is 1. The molecular formula is C18H14N2O2S. The molecule has 0 aliphatic carbocycles. The highest BCUT2D eigenvalue weighted by Crippen LogP contribution is 2.18. The van der Waals surface area contributed by atoms with E-state index in [2.05, 4.69) is 4.98 Å². The molecule has 0 saturated heterocycles. The Morgan fingerprint density at radius 3 is 2.91 bits per heavy atom. The lowest BCUT2D eigenvalue weighted by atomic mass is 10.2. The second kappa shape index (κ2) is 5.21. The molecule has 0 atom stereocenters. The van der Waals surface area contributed by atoms with E-state index in [1.54, 1.807) is 11.5 Å². The van der Waals surface area contributed by atoms with Crippen LogP contribution in [0.3, 0.4) is 0 Å². The van der Waals surface area contributed by atoms with Crippen LogP contribution in [0, 0.1) is 6.92 Å². The Labute approximate surface area is 136 Å². The van der Waals surface area contributed by atoms with Crippen LogP contribution in [0.4, 0.5) is 0 Å². The molecule has 0 aliphatic rings. The normalized spacial score (nSPS) is 12.3. The van der Waals surface area contributed by atoms with Gasteiger partial charge >= 0.3 is 0 Å². The fourth-order valence-electron chi connectivity index (χ4n) is 2.66. The van der Waals surface area contributed by atoms with Gasteiger partial charge in [0.1, 0.15) is 5.75 Å². The number of hydrogen-bond acceptors (Lipinski definition) is 4. The van der Waals surface area contributed by atoms with E-state index >= 15 is 0 Å². The first kappa shape index (κ1) is 14.0. The fourth-order valence-corrected chi connectivity index (χ4v) is 3.65. The van der Waals surface area contributed by atoms with Crippen molar-refractivity contribution in [2.24, 2.45) is 0 Å². The van der Waals surface area contributed by atoms with Gasteiger partial charge in [0.2, 0.25) is 0 Å². The van der Waals surface area contributed by atoms with Gasteiger partial charge in [-0.05, 0) is 48.4 Å². The first-order valence-electron chi connectivity index (χ1n) is 7.23.